The van der Waals surface area contributed by atoms with Crippen LogP contribution in [0.3, 0.4) is 0 Å². The molecule has 0 radical (unpaired) electrons. The maximum atomic E-state index is 9.10. The molecule has 0 aromatic carbocycles. The first-order chi connectivity index (χ1) is 13.6. The molecular formula is C20H15ClN6S. The first-order valence-electron chi connectivity index (χ1n) is 8.98. The van der Waals surface area contributed by atoms with Gasteiger partial charge in [0.1, 0.15) is 17.7 Å². The number of pyridine rings is 1. The molecule has 2 N–H and O–H groups in total. The van der Waals surface area contributed by atoms with E-state index in [2.05, 4.69) is 21.4 Å². The summed E-state index contributed by atoms with van der Waals surface area (Å²) in [5.74, 6) is 1.70. The predicted octanol–water partition coefficient (Wildman–Crippen LogP) is 4.21. The summed E-state index contributed by atoms with van der Waals surface area (Å²) in [4.78, 5) is 15.2. The Hall–Kier alpha value is -2.82. The Bertz CT molecular complexity index is 1140. The van der Waals surface area contributed by atoms with Crippen LogP contribution in [0.2, 0.25) is 5.02 Å². The fourth-order valence-electron chi connectivity index (χ4n) is 3.39. The molecule has 1 unspecified atom stereocenters. The zero-order valence-electron chi connectivity index (χ0n) is 14.7. The largest absolute Gasteiger partial charge is 0.362 e. The minimum absolute atomic E-state index is 0.111. The van der Waals surface area contributed by atoms with Crippen molar-refractivity contribution in [3.8, 4) is 16.5 Å². The first kappa shape index (κ1) is 17.3. The molecule has 6 nitrogen and oxygen atoms in total. The monoisotopic (exact) mass is 406 g/mol. The van der Waals surface area contributed by atoms with Crippen molar-refractivity contribution < 1.29 is 0 Å². The van der Waals surface area contributed by atoms with Crippen molar-refractivity contribution in [2.45, 2.75) is 31.2 Å². The van der Waals surface area contributed by atoms with E-state index in [-0.39, 0.29) is 6.04 Å². The second-order valence-corrected chi connectivity index (χ2v) is 8.53. The first-order valence-corrected chi connectivity index (χ1v) is 10.2. The highest BCUT2D eigenvalue weighted by Gasteiger charge is 2.31. The number of halogens is 1. The van der Waals surface area contributed by atoms with Gasteiger partial charge in [-0.2, -0.15) is 5.26 Å². The fraction of sp³-hybridized carbons (Fsp3) is 0.250. The topological polar surface area (TPSA) is 98.3 Å². The third kappa shape index (κ3) is 3.05. The van der Waals surface area contributed by atoms with Crippen molar-refractivity contribution in [2.75, 3.05) is 0 Å². The van der Waals surface area contributed by atoms with E-state index in [0.29, 0.717) is 28.8 Å². The van der Waals surface area contributed by atoms with Crippen molar-refractivity contribution in [3.63, 3.8) is 0 Å². The molecule has 2 aliphatic rings. The Morgan fingerprint density at radius 3 is 2.89 bits per heavy atom. The number of nitrogens with zero attached hydrogens (tertiary/aromatic N) is 4. The molecule has 138 valence electrons. The number of fused-ring (bicyclic) bond motifs is 1. The SMILES string of the molecule is N#Cc1cncc(-c2cc(Cl)c(C3Cc4nc(C5CC5)ncc4C(=N)N3)s2)c1. The van der Waals surface area contributed by atoms with Crippen LogP contribution in [0.25, 0.3) is 10.4 Å². The van der Waals surface area contributed by atoms with Crippen LogP contribution in [-0.4, -0.2) is 20.8 Å². The third-order valence-electron chi connectivity index (χ3n) is 5.00. The van der Waals surface area contributed by atoms with E-state index in [9.17, 15) is 0 Å². The van der Waals surface area contributed by atoms with Crippen LogP contribution in [0.4, 0.5) is 0 Å². The van der Waals surface area contributed by atoms with E-state index in [4.69, 9.17) is 27.3 Å². The minimum Gasteiger partial charge on any atom is -0.362 e. The summed E-state index contributed by atoms with van der Waals surface area (Å²) in [6.07, 6.45) is 7.99. The molecule has 28 heavy (non-hydrogen) atoms. The second kappa shape index (κ2) is 6.66. The summed E-state index contributed by atoms with van der Waals surface area (Å²) < 4.78 is 0. The van der Waals surface area contributed by atoms with Gasteiger partial charge in [0.25, 0.3) is 0 Å². The van der Waals surface area contributed by atoms with Crippen molar-refractivity contribution in [3.05, 3.63) is 63.3 Å². The Kier molecular flexibility index (Phi) is 4.11. The number of rotatable bonds is 3. The number of nitrogens with one attached hydrogen (secondary N) is 2. The summed E-state index contributed by atoms with van der Waals surface area (Å²) in [5, 5.41) is 21.4. The fourth-order valence-corrected chi connectivity index (χ4v) is 4.89. The Morgan fingerprint density at radius 2 is 2.11 bits per heavy atom. The lowest BCUT2D eigenvalue weighted by atomic mass is 10.00. The molecular weight excluding hydrogens is 392 g/mol. The van der Waals surface area contributed by atoms with Gasteiger partial charge in [-0.05, 0) is 25.0 Å². The quantitative estimate of drug-likeness (QED) is 0.678. The van der Waals surface area contributed by atoms with Crippen molar-refractivity contribution >= 4 is 28.8 Å². The number of thiophene rings is 1. The Morgan fingerprint density at radius 1 is 1.25 bits per heavy atom. The number of aromatic nitrogens is 3. The lowest BCUT2D eigenvalue weighted by Crippen LogP contribution is -2.36. The molecule has 0 saturated heterocycles. The van der Waals surface area contributed by atoms with E-state index in [1.807, 2.05) is 6.07 Å². The van der Waals surface area contributed by atoms with Gasteiger partial charge in [-0.3, -0.25) is 10.4 Å². The van der Waals surface area contributed by atoms with Gasteiger partial charge >= 0.3 is 0 Å². The van der Waals surface area contributed by atoms with E-state index < -0.39 is 0 Å². The smallest absolute Gasteiger partial charge is 0.131 e. The average molecular weight is 407 g/mol. The van der Waals surface area contributed by atoms with Crippen LogP contribution in [0, 0.1) is 16.7 Å². The van der Waals surface area contributed by atoms with Crippen LogP contribution in [-0.2, 0) is 6.42 Å². The van der Waals surface area contributed by atoms with Gasteiger partial charge in [-0.15, -0.1) is 11.3 Å². The lowest BCUT2D eigenvalue weighted by molar-refractivity contribution is 0.617. The van der Waals surface area contributed by atoms with Gasteiger partial charge in [0.05, 0.1) is 27.9 Å². The highest BCUT2D eigenvalue weighted by molar-refractivity contribution is 7.16. The van der Waals surface area contributed by atoms with Gasteiger partial charge in [-0.1, -0.05) is 11.6 Å². The minimum atomic E-state index is -0.111. The zero-order valence-corrected chi connectivity index (χ0v) is 16.3. The molecule has 4 heterocycles. The Labute approximate surface area is 170 Å². The van der Waals surface area contributed by atoms with Crippen LogP contribution >= 0.6 is 22.9 Å². The average Bonchev–Trinajstić information content (AvgIpc) is 3.49. The molecule has 8 heteroatoms. The standard InChI is InChI=1S/C20H15ClN6S/c21-14-4-17(12-3-10(6-22)7-24-8-12)28-18(14)16-5-15-13(19(23)26-16)9-25-20(27-15)11-1-2-11/h3-4,7-9,11,16H,1-2,5H2,(H2,23,26). The summed E-state index contributed by atoms with van der Waals surface area (Å²) >= 11 is 8.10. The van der Waals surface area contributed by atoms with Crippen LogP contribution in [0.5, 0.6) is 0 Å². The summed E-state index contributed by atoms with van der Waals surface area (Å²) in [5.41, 5.74) is 3.05. The molecule has 3 aromatic rings. The molecule has 1 atom stereocenters. The van der Waals surface area contributed by atoms with Crippen LogP contribution in [0.1, 0.15) is 52.3 Å². The van der Waals surface area contributed by atoms with E-state index >= 15 is 0 Å². The molecule has 3 aromatic heterocycles. The van der Waals surface area contributed by atoms with Gasteiger partial charge in [0.2, 0.25) is 0 Å². The molecule has 1 saturated carbocycles. The summed E-state index contributed by atoms with van der Waals surface area (Å²) in [7, 11) is 0. The Balaban J connectivity index is 1.48. The van der Waals surface area contributed by atoms with Gasteiger partial charge in [-0.25, -0.2) is 9.97 Å². The molecule has 0 spiro atoms. The maximum Gasteiger partial charge on any atom is 0.131 e. The normalized spacial score (nSPS) is 18.3. The molecule has 1 aliphatic carbocycles. The van der Waals surface area contributed by atoms with E-state index in [1.54, 1.807) is 29.8 Å². The van der Waals surface area contributed by atoms with Crippen LogP contribution < -0.4 is 5.32 Å². The van der Waals surface area contributed by atoms with Crippen molar-refractivity contribution in [1.82, 2.24) is 20.3 Å². The highest BCUT2D eigenvalue weighted by atomic mass is 35.5. The number of hydrogen-bond acceptors (Lipinski definition) is 6. The number of amidine groups is 1. The van der Waals surface area contributed by atoms with E-state index in [0.717, 1.165) is 45.2 Å². The molecule has 0 bridgehead atoms. The molecule has 5 rings (SSSR count). The number of nitriles is 1. The summed E-state index contributed by atoms with van der Waals surface area (Å²) in [6.45, 7) is 0. The van der Waals surface area contributed by atoms with Crippen molar-refractivity contribution in [2.24, 2.45) is 0 Å². The zero-order chi connectivity index (χ0) is 19.3. The summed E-state index contributed by atoms with van der Waals surface area (Å²) in [6, 6.07) is 5.71. The van der Waals surface area contributed by atoms with Gasteiger partial charge in [0.15, 0.2) is 0 Å². The second-order valence-electron chi connectivity index (χ2n) is 7.04. The van der Waals surface area contributed by atoms with E-state index in [1.165, 1.54) is 6.20 Å². The molecule has 1 aliphatic heterocycles. The molecule has 0 amide bonds. The van der Waals surface area contributed by atoms with Crippen molar-refractivity contribution in [1.29, 1.82) is 10.7 Å². The maximum absolute atomic E-state index is 9.10. The highest BCUT2D eigenvalue weighted by Crippen LogP contribution is 2.41. The number of hydrogen-bond donors (Lipinski definition) is 2. The third-order valence-corrected chi connectivity index (χ3v) is 6.72. The predicted molar refractivity (Wildman–Crippen MR) is 108 cm³/mol. The van der Waals surface area contributed by atoms with Crippen LogP contribution in [0.15, 0.2) is 30.7 Å². The van der Waals surface area contributed by atoms with Gasteiger partial charge in [0, 0.05) is 46.2 Å². The van der Waals surface area contributed by atoms with Gasteiger partial charge < -0.3 is 5.32 Å². The lowest BCUT2D eigenvalue weighted by Gasteiger charge is -2.26. The molecule has 1 fully saturated rings.